The van der Waals surface area contributed by atoms with Gasteiger partial charge >= 0.3 is 6.03 Å². The van der Waals surface area contributed by atoms with Gasteiger partial charge in [0.1, 0.15) is 0 Å². The first-order chi connectivity index (χ1) is 12.6. The number of benzene rings is 1. The van der Waals surface area contributed by atoms with Crippen LogP contribution in [0.3, 0.4) is 0 Å². The monoisotopic (exact) mass is 355 g/mol. The summed E-state index contributed by atoms with van der Waals surface area (Å²) in [6, 6.07) is 10.2. The smallest absolute Gasteiger partial charge is 0.322 e. The molecule has 138 valence electrons. The highest BCUT2D eigenvalue weighted by molar-refractivity contribution is 5.92. The number of aromatic nitrogens is 2. The normalized spacial score (nSPS) is 18.6. The number of urea groups is 1. The molecule has 2 aliphatic rings. The lowest BCUT2D eigenvalue weighted by Crippen LogP contribution is -2.63. The SMILES string of the molecule is Cc1cc(C)n(-c2ccccc2NC(=O)N2CC(N3CCOCC3)C2)n1. The van der Waals surface area contributed by atoms with Crippen molar-refractivity contribution >= 4 is 11.7 Å². The molecule has 0 bridgehead atoms. The quantitative estimate of drug-likeness (QED) is 0.915. The fraction of sp³-hybridized carbons (Fsp3) is 0.474. The Balaban J connectivity index is 1.42. The van der Waals surface area contributed by atoms with Gasteiger partial charge in [0.05, 0.1) is 30.3 Å². The third-order valence-electron chi connectivity index (χ3n) is 5.09. The lowest BCUT2D eigenvalue weighted by atomic mass is 10.1. The Hall–Kier alpha value is -2.38. The summed E-state index contributed by atoms with van der Waals surface area (Å²) in [4.78, 5) is 16.9. The van der Waals surface area contributed by atoms with E-state index in [9.17, 15) is 4.79 Å². The van der Waals surface area contributed by atoms with Crippen LogP contribution in [0.5, 0.6) is 0 Å². The average Bonchev–Trinajstić information content (AvgIpc) is 2.93. The van der Waals surface area contributed by atoms with Crippen molar-refractivity contribution in [1.82, 2.24) is 19.6 Å². The summed E-state index contributed by atoms with van der Waals surface area (Å²) in [6.45, 7) is 9.03. The van der Waals surface area contributed by atoms with Crippen molar-refractivity contribution < 1.29 is 9.53 Å². The van der Waals surface area contributed by atoms with Crippen LogP contribution in [0, 0.1) is 13.8 Å². The topological polar surface area (TPSA) is 62.6 Å². The number of carbonyl (C=O) groups excluding carboxylic acids is 1. The van der Waals surface area contributed by atoms with Crippen molar-refractivity contribution in [2.24, 2.45) is 0 Å². The minimum absolute atomic E-state index is 0.0523. The summed E-state index contributed by atoms with van der Waals surface area (Å²) >= 11 is 0. The van der Waals surface area contributed by atoms with Crippen LogP contribution >= 0.6 is 0 Å². The predicted molar refractivity (Wildman–Crippen MR) is 99.8 cm³/mol. The molecule has 2 aromatic rings. The van der Waals surface area contributed by atoms with E-state index in [0.29, 0.717) is 6.04 Å². The Morgan fingerprint density at radius 3 is 2.62 bits per heavy atom. The molecule has 2 amide bonds. The Labute approximate surface area is 153 Å². The highest BCUT2D eigenvalue weighted by Gasteiger charge is 2.35. The summed E-state index contributed by atoms with van der Waals surface area (Å²) < 4.78 is 7.27. The molecule has 3 heterocycles. The van der Waals surface area contributed by atoms with Gasteiger partial charge < -0.3 is 15.0 Å². The molecule has 26 heavy (non-hydrogen) atoms. The van der Waals surface area contributed by atoms with Crippen molar-refractivity contribution in [2.75, 3.05) is 44.7 Å². The van der Waals surface area contributed by atoms with Gasteiger partial charge in [-0.15, -0.1) is 0 Å². The summed E-state index contributed by atoms with van der Waals surface area (Å²) in [5.74, 6) is 0. The molecule has 0 aliphatic carbocycles. The van der Waals surface area contributed by atoms with Crippen LogP contribution in [-0.2, 0) is 4.74 Å². The third-order valence-corrected chi connectivity index (χ3v) is 5.09. The van der Waals surface area contributed by atoms with Crippen LogP contribution in [0.25, 0.3) is 5.69 Å². The number of amides is 2. The number of morpholine rings is 1. The standard InChI is InChI=1S/C19H25N5O2/c1-14-11-15(2)24(21-14)18-6-4-3-5-17(18)20-19(25)23-12-16(13-23)22-7-9-26-10-8-22/h3-6,11,16H,7-10,12-13H2,1-2H3,(H,20,25). The molecule has 7 nitrogen and oxygen atoms in total. The summed E-state index contributed by atoms with van der Waals surface area (Å²) in [7, 11) is 0. The Bertz CT molecular complexity index is 791. The van der Waals surface area contributed by atoms with E-state index in [0.717, 1.165) is 62.2 Å². The first-order valence-electron chi connectivity index (χ1n) is 9.12. The maximum absolute atomic E-state index is 12.6. The van der Waals surface area contributed by atoms with Crippen LogP contribution in [-0.4, -0.2) is 71.0 Å². The highest BCUT2D eigenvalue weighted by Crippen LogP contribution is 2.23. The average molecular weight is 355 g/mol. The Kier molecular flexibility index (Phi) is 4.65. The fourth-order valence-corrected chi connectivity index (χ4v) is 3.63. The molecule has 0 spiro atoms. The van der Waals surface area contributed by atoms with E-state index in [1.54, 1.807) is 0 Å². The zero-order valence-corrected chi connectivity index (χ0v) is 15.3. The van der Waals surface area contributed by atoms with Gasteiger partial charge in [-0.2, -0.15) is 5.10 Å². The molecule has 0 radical (unpaired) electrons. The van der Waals surface area contributed by atoms with Gasteiger partial charge in [-0.3, -0.25) is 4.90 Å². The largest absolute Gasteiger partial charge is 0.379 e. The minimum atomic E-state index is -0.0523. The molecule has 1 aromatic heterocycles. The number of hydrogen-bond acceptors (Lipinski definition) is 4. The summed E-state index contributed by atoms with van der Waals surface area (Å²) in [6.07, 6.45) is 0. The number of para-hydroxylation sites is 2. The molecule has 7 heteroatoms. The summed E-state index contributed by atoms with van der Waals surface area (Å²) in [5, 5.41) is 7.59. The number of ether oxygens (including phenoxy) is 1. The number of nitrogens with zero attached hydrogens (tertiary/aromatic N) is 4. The summed E-state index contributed by atoms with van der Waals surface area (Å²) in [5.41, 5.74) is 3.66. The van der Waals surface area contributed by atoms with E-state index in [4.69, 9.17) is 4.74 Å². The number of hydrogen-bond donors (Lipinski definition) is 1. The minimum Gasteiger partial charge on any atom is -0.379 e. The van der Waals surface area contributed by atoms with Crippen molar-refractivity contribution in [2.45, 2.75) is 19.9 Å². The van der Waals surface area contributed by atoms with E-state index in [-0.39, 0.29) is 6.03 Å². The van der Waals surface area contributed by atoms with E-state index in [1.165, 1.54) is 0 Å². The molecule has 0 unspecified atom stereocenters. The second kappa shape index (κ2) is 7.09. The number of carbonyl (C=O) groups is 1. The highest BCUT2D eigenvalue weighted by atomic mass is 16.5. The Morgan fingerprint density at radius 2 is 1.92 bits per heavy atom. The lowest BCUT2D eigenvalue weighted by Gasteiger charge is -2.46. The maximum Gasteiger partial charge on any atom is 0.322 e. The first-order valence-corrected chi connectivity index (χ1v) is 9.12. The van der Waals surface area contributed by atoms with Gasteiger partial charge in [-0.1, -0.05) is 12.1 Å². The van der Waals surface area contributed by atoms with E-state index >= 15 is 0 Å². The molecular formula is C19H25N5O2. The molecule has 2 aliphatic heterocycles. The van der Waals surface area contributed by atoms with Gasteiger partial charge in [0, 0.05) is 37.9 Å². The van der Waals surface area contributed by atoms with Gasteiger partial charge in [0.15, 0.2) is 0 Å². The second-order valence-electron chi connectivity index (χ2n) is 6.99. The van der Waals surface area contributed by atoms with Gasteiger partial charge in [0.2, 0.25) is 0 Å². The van der Waals surface area contributed by atoms with Gasteiger partial charge in [-0.25, -0.2) is 9.48 Å². The molecular weight excluding hydrogens is 330 g/mol. The Morgan fingerprint density at radius 1 is 1.19 bits per heavy atom. The van der Waals surface area contributed by atoms with Crippen LogP contribution in [0.1, 0.15) is 11.4 Å². The van der Waals surface area contributed by atoms with E-state index < -0.39 is 0 Å². The molecule has 2 saturated heterocycles. The number of likely N-dealkylation sites (tertiary alicyclic amines) is 1. The molecule has 1 N–H and O–H groups in total. The number of anilines is 1. The number of rotatable bonds is 3. The van der Waals surface area contributed by atoms with Crippen molar-refractivity contribution in [3.05, 3.63) is 41.7 Å². The lowest BCUT2D eigenvalue weighted by molar-refractivity contribution is -0.0189. The number of aryl methyl sites for hydroxylation is 2. The predicted octanol–water partition coefficient (Wildman–Crippen LogP) is 2.04. The molecule has 0 atom stereocenters. The van der Waals surface area contributed by atoms with E-state index in [1.807, 2.05) is 53.8 Å². The van der Waals surface area contributed by atoms with Crippen LogP contribution in [0.2, 0.25) is 0 Å². The zero-order chi connectivity index (χ0) is 18.1. The van der Waals surface area contributed by atoms with Gasteiger partial charge in [0.25, 0.3) is 0 Å². The maximum atomic E-state index is 12.6. The second-order valence-corrected chi connectivity index (χ2v) is 6.99. The van der Waals surface area contributed by atoms with E-state index in [2.05, 4.69) is 15.3 Å². The van der Waals surface area contributed by atoms with Crippen LogP contribution in [0.15, 0.2) is 30.3 Å². The van der Waals surface area contributed by atoms with Crippen molar-refractivity contribution in [1.29, 1.82) is 0 Å². The molecule has 0 saturated carbocycles. The van der Waals surface area contributed by atoms with Crippen LogP contribution in [0.4, 0.5) is 10.5 Å². The van der Waals surface area contributed by atoms with Gasteiger partial charge in [-0.05, 0) is 32.0 Å². The number of nitrogens with one attached hydrogen (secondary N) is 1. The molecule has 1 aromatic carbocycles. The molecule has 2 fully saturated rings. The van der Waals surface area contributed by atoms with Crippen molar-refractivity contribution in [3.63, 3.8) is 0 Å². The first kappa shape index (κ1) is 17.1. The molecule has 4 rings (SSSR count). The zero-order valence-electron chi connectivity index (χ0n) is 15.3. The fourth-order valence-electron chi connectivity index (χ4n) is 3.63. The van der Waals surface area contributed by atoms with Crippen LogP contribution < -0.4 is 5.32 Å². The third kappa shape index (κ3) is 3.32. The van der Waals surface area contributed by atoms with Crippen molar-refractivity contribution in [3.8, 4) is 5.69 Å².